The molecule has 0 spiro atoms. The fourth-order valence-electron chi connectivity index (χ4n) is 2.57. The first-order valence-corrected chi connectivity index (χ1v) is 8.39. The van der Waals surface area contributed by atoms with Gasteiger partial charge in [0.15, 0.2) is 0 Å². The van der Waals surface area contributed by atoms with Crippen molar-refractivity contribution in [3.8, 4) is 0 Å². The quantitative estimate of drug-likeness (QED) is 0.931. The Morgan fingerprint density at radius 3 is 2.30 bits per heavy atom. The number of aliphatic hydroxyl groups excluding tert-OH is 1. The molecule has 1 heterocycles. The van der Waals surface area contributed by atoms with Crippen LogP contribution in [0.2, 0.25) is 0 Å². The van der Waals surface area contributed by atoms with E-state index in [-0.39, 0.29) is 12.0 Å². The van der Waals surface area contributed by atoms with Crippen LogP contribution >= 0.6 is 0 Å². The summed E-state index contributed by atoms with van der Waals surface area (Å²) >= 11 is 0. The minimum absolute atomic E-state index is 0.0733. The van der Waals surface area contributed by atoms with Crippen LogP contribution in [0.4, 0.5) is 0 Å². The molecule has 1 saturated heterocycles. The van der Waals surface area contributed by atoms with Crippen LogP contribution in [0.1, 0.15) is 32.8 Å². The summed E-state index contributed by atoms with van der Waals surface area (Å²) in [6, 6.07) is 6.46. The zero-order valence-corrected chi connectivity index (χ0v) is 13.2. The van der Waals surface area contributed by atoms with Crippen LogP contribution in [0.25, 0.3) is 0 Å². The summed E-state index contributed by atoms with van der Waals surface area (Å²) in [4.78, 5) is 0.309. The van der Waals surface area contributed by atoms with Crippen molar-refractivity contribution in [2.75, 3.05) is 13.1 Å². The van der Waals surface area contributed by atoms with E-state index in [1.165, 1.54) is 0 Å². The number of aliphatic hydroxyl groups is 1. The van der Waals surface area contributed by atoms with E-state index in [0.717, 1.165) is 12.0 Å². The SMILES string of the molecule is CC(C)(C)C1CCN(S(=O)(=O)c2ccc(CO)cc2)C1. The molecule has 4 nitrogen and oxygen atoms in total. The molecular formula is C15H23NO3S. The molecule has 20 heavy (non-hydrogen) atoms. The van der Waals surface area contributed by atoms with Crippen molar-refractivity contribution in [3.05, 3.63) is 29.8 Å². The molecule has 1 aliphatic heterocycles. The first-order chi connectivity index (χ1) is 9.25. The van der Waals surface area contributed by atoms with Gasteiger partial charge in [0.05, 0.1) is 11.5 Å². The van der Waals surface area contributed by atoms with Gasteiger partial charge in [-0.1, -0.05) is 32.9 Å². The predicted octanol–water partition coefficient (Wildman–Crippen LogP) is 2.24. The molecule has 0 aliphatic carbocycles. The lowest BCUT2D eigenvalue weighted by atomic mass is 9.80. The lowest BCUT2D eigenvalue weighted by Crippen LogP contribution is -2.31. The lowest BCUT2D eigenvalue weighted by molar-refractivity contribution is 0.252. The van der Waals surface area contributed by atoms with E-state index in [0.29, 0.717) is 23.9 Å². The Morgan fingerprint density at radius 1 is 1.25 bits per heavy atom. The van der Waals surface area contributed by atoms with Crippen LogP contribution in [0.15, 0.2) is 29.2 Å². The zero-order chi connectivity index (χ0) is 15.0. The van der Waals surface area contributed by atoms with Gasteiger partial charge in [-0.05, 0) is 35.4 Å². The standard InChI is InChI=1S/C15H23NO3S/c1-15(2,3)13-8-9-16(10-13)20(18,19)14-6-4-12(11-17)5-7-14/h4-7,13,17H,8-11H2,1-3H3. The topological polar surface area (TPSA) is 57.6 Å². The first-order valence-electron chi connectivity index (χ1n) is 6.95. The lowest BCUT2D eigenvalue weighted by Gasteiger charge is -2.26. The largest absolute Gasteiger partial charge is 0.392 e. The average molecular weight is 297 g/mol. The molecule has 0 amide bonds. The van der Waals surface area contributed by atoms with Crippen LogP contribution in [-0.4, -0.2) is 30.9 Å². The summed E-state index contributed by atoms with van der Waals surface area (Å²) in [5, 5.41) is 9.01. The highest BCUT2D eigenvalue weighted by Crippen LogP contribution is 2.35. The summed E-state index contributed by atoms with van der Waals surface area (Å²) < 4.78 is 26.7. The maximum Gasteiger partial charge on any atom is 0.243 e. The van der Waals surface area contributed by atoms with E-state index in [1.54, 1.807) is 28.6 Å². The summed E-state index contributed by atoms with van der Waals surface area (Å²) in [6.45, 7) is 7.58. The molecule has 1 fully saturated rings. The van der Waals surface area contributed by atoms with Crippen molar-refractivity contribution < 1.29 is 13.5 Å². The third-order valence-corrected chi connectivity index (χ3v) is 6.00. The molecule has 1 aromatic carbocycles. The molecule has 1 aromatic rings. The molecular weight excluding hydrogens is 274 g/mol. The van der Waals surface area contributed by atoms with Gasteiger partial charge in [0.25, 0.3) is 0 Å². The van der Waals surface area contributed by atoms with Crippen molar-refractivity contribution in [1.29, 1.82) is 0 Å². The van der Waals surface area contributed by atoms with Gasteiger partial charge in [-0.15, -0.1) is 0 Å². The maximum atomic E-state index is 12.6. The monoisotopic (exact) mass is 297 g/mol. The molecule has 1 N–H and O–H groups in total. The Kier molecular flexibility index (Phi) is 4.23. The smallest absolute Gasteiger partial charge is 0.243 e. The summed E-state index contributed by atoms with van der Waals surface area (Å²) in [7, 11) is -3.41. The van der Waals surface area contributed by atoms with Gasteiger partial charge in [-0.3, -0.25) is 0 Å². The van der Waals surface area contributed by atoms with Gasteiger partial charge in [-0.2, -0.15) is 4.31 Å². The normalized spacial score (nSPS) is 21.3. The fraction of sp³-hybridized carbons (Fsp3) is 0.600. The Balaban J connectivity index is 2.19. The van der Waals surface area contributed by atoms with E-state index >= 15 is 0 Å². The van der Waals surface area contributed by atoms with Crippen molar-refractivity contribution >= 4 is 10.0 Å². The predicted molar refractivity (Wildman–Crippen MR) is 78.7 cm³/mol. The van der Waals surface area contributed by atoms with E-state index in [2.05, 4.69) is 20.8 Å². The van der Waals surface area contributed by atoms with Gasteiger partial charge in [0.1, 0.15) is 0 Å². The zero-order valence-electron chi connectivity index (χ0n) is 12.3. The minimum Gasteiger partial charge on any atom is -0.392 e. The molecule has 5 heteroatoms. The van der Waals surface area contributed by atoms with Crippen molar-refractivity contribution in [2.24, 2.45) is 11.3 Å². The maximum absolute atomic E-state index is 12.6. The molecule has 1 atom stereocenters. The highest BCUT2D eigenvalue weighted by atomic mass is 32.2. The van der Waals surface area contributed by atoms with Crippen molar-refractivity contribution in [2.45, 2.75) is 38.7 Å². The molecule has 0 aromatic heterocycles. The van der Waals surface area contributed by atoms with E-state index in [9.17, 15) is 8.42 Å². The number of hydrogen-bond acceptors (Lipinski definition) is 3. The molecule has 1 aliphatic rings. The van der Waals surface area contributed by atoms with Gasteiger partial charge in [-0.25, -0.2) is 8.42 Å². The van der Waals surface area contributed by atoms with Crippen LogP contribution in [0, 0.1) is 11.3 Å². The van der Waals surface area contributed by atoms with Crippen LogP contribution in [0.3, 0.4) is 0 Å². The second-order valence-corrected chi connectivity index (χ2v) is 8.45. The number of benzene rings is 1. The average Bonchev–Trinajstić information content (AvgIpc) is 2.89. The van der Waals surface area contributed by atoms with Crippen LogP contribution < -0.4 is 0 Å². The Labute approximate surface area is 121 Å². The fourth-order valence-corrected chi connectivity index (χ4v) is 4.07. The summed E-state index contributed by atoms with van der Waals surface area (Å²) in [6.07, 6.45) is 0.914. The van der Waals surface area contributed by atoms with Gasteiger partial charge in [0.2, 0.25) is 10.0 Å². The molecule has 2 rings (SSSR count). The third-order valence-electron chi connectivity index (χ3n) is 4.12. The van der Waals surface area contributed by atoms with Gasteiger partial charge >= 0.3 is 0 Å². The second-order valence-electron chi connectivity index (χ2n) is 6.52. The molecule has 0 bridgehead atoms. The Bertz CT molecular complexity index is 558. The van der Waals surface area contributed by atoms with Crippen molar-refractivity contribution in [3.63, 3.8) is 0 Å². The van der Waals surface area contributed by atoms with Gasteiger partial charge in [0, 0.05) is 13.1 Å². The number of nitrogens with zero attached hydrogens (tertiary/aromatic N) is 1. The Hall–Kier alpha value is -0.910. The highest BCUT2D eigenvalue weighted by molar-refractivity contribution is 7.89. The number of hydrogen-bond donors (Lipinski definition) is 1. The molecule has 112 valence electrons. The Morgan fingerprint density at radius 2 is 1.85 bits per heavy atom. The third kappa shape index (κ3) is 3.05. The second kappa shape index (κ2) is 5.47. The van der Waals surface area contributed by atoms with Crippen LogP contribution in [-0.2, 0) is 16.6 Å². The van der Waals surface area contributed by atoms with E-state index in [4.69, 9.17) is 5.11 Å². The van der Waals surface area contributed by atoms with Crippen LogP contribution in [0.5, 0.6) is 0 Å². The van der Waals surface area contributed by atoms with E-state index < -0.39 is 10.0 Å². The molecule has 0 saturated carbocycles. The summed E-state index contributed by atoms with van der Waals surface area (Å²) in [5.41, 5.74) is 0.850. The van der Waals surface area contributed by atoms with Gasteiger partial charge < -0.3 is 5.11 Å². The molecule has 1 unspecified atom stereocenters. The number of sulfonamides is 1. The number of rotatable bonds is 3. The molecule has 0 radical (unpaired) electrons. The van der Waals surface area contributed by atoms with Crippen molar-refractivity contribution in [1.82, 2.24) is 4.31 Å². The first kappa shape index (κ1) is 15.5. The minimum atomic E-state index is -3.41. The van der Waals surface area contributed by atoms with E-state index in [1.807, 2.05) is 0 Å². The highest BCUT2D eigenvalue weighted by Gasteiger charge is 2.37. The summed E-state index contributed by atoms with van der Waals surface area (Å²) in [5.74, 6) is 0.397.